The minimum absolute atomic E-state index is 0.311. The van der Waals surface area contributed by atoms with E-state index in [2.05, 4.69) is 0 Å². The van der Waals surface area contributed by atoms with Gasteiger partial charge in [0.2, 0.25) is 5.91 Å². The van der Waals surface area contributed by atoms with Crippen LogP contribution in [0.25, 0.3) is 0 Å². The number of halogens is 1. The van der Waals surface area contributed by atoms with Crippen molar-refractivity contribution in [1.29, 1.82) is 0 Å². The molecule has 110 valence electrons. The summed E-state index contributed by atoms with van der Waals surface area (Å²) >= 11 is 6.12. The average Bonchev–Trinajstić information content (AvgIpc) is 2.43. The summed E-state index contributed by atoms with van der Waals surface area (Å²) in [6.07, 6.45) is 0. The van der Waals surface area contributed by atoms with Crippen molar-refractivity contribution in [2.24, 2.45) is 5.73 Å². The summed E-state index contributed by atoms with van der Waals surface area (Å²) in [7, 11) is 0. The molecular weight excluding hydrogens is 288 g/mol. The van der Waals surface area contributed by atoms with Crippen molar-refractivity contribution in [3.05, 3.63) is 57.6 Å². The molecule has 0 bridgehead atoms. The summed E-state index contributed by atoms with van der Waals surface area (Å²) in [5.74, 6) is 0.228. The molecule has 0 aliphatic carbocycles. The van der Waals surface area contributed by atoms with Gasteiger partial charge in [0.05, 0.1) is 0 Å². The molecule has 4 nitrogen and oxygen atoms in total. The van der Waals surface area contributed by atoms with Crippen LogP contribution in [0.4, 0.5) is 5.69 Å². The number of carbonyl (C=O) groups excluding carboxylic acids is 1. The maximum Gasteiger partial charge on any atom is 0.248 e. The molecule has 4 N–H and O–H groups in total. The van der Waals surface area contributed by atoms with Gasteiger partial charge in [-0.1, -0.05) is 17.7 Å². The third-order valence-corrected chi connectivity index (χ3v) is 3.83. The van der Waals surface area contributed by atoms with E-state index in [4.69, 9.17) is 27.8 Å². The number of anilines is 1. The zero-order chi connectivity index (χ0) is 15.6. The SMILES string of the molecule is Cc1cc(OCc2ccc(C(N)=O)cc2N)cc(C)c1Cl. The first kappa shape index (κ1) is 15.2. The molecule has 2 aromatic carbocycles. The Morgan fingerprint density at radius 1 is 1.19 bits per heavy atom. The van der Waals surface area contributed by atoms with Crippen LogP contribution in [0.15, 0.2) is 30.3 Å². The van der Waals surface area contributed by atoms with E-state index in [0.717, 1.165) is 27.5 Å². The van der Waals surface area contributed by atoms with Gasteiger partial charge in [0.15, 0.2) is 0 Å². The number of amides is 1. The number of carbonyl (C=O) groups is 1. The molecule has 2 aromatic rings. The Kier molecular flexibility index (Phi) is 4.38. The van der Waals surface area contributed by atoms with E-state index in [1.807, 2.05) is 26.0 Å². The van der Waals surface area contributed by atoms with Gasteiger partial charge in [0.1, 0.15) is 12.4 Å². The second-order valence-electron chi connectivity index (χ2n) is 4.94. The Morgan fingerprint density at radius 2 is 1.81 bits per heavy atom. The number of benzene rings is 2. The van der Waals surface area contributed by atoms with Crippen LogP contribution in [0, 0.1) is 13.8 Å². The minimum atomic E-state index is -0.502. The van der Waals surface area contributed by atoms with Crippen molar-refractivity contribution in [1.82, 2.24) is 0 Å². The Labute approximate surface area is 128 Å². The first-order valence-electron chi connectivity index (χ1n) is 6.46. The number of ether oxygens (including phenoxy) is 1. The summed E-state index contributed by atoms with van der Waals surface area (Å²) in [6.45, 7) is 4.17. The van der Waals surface area contributed by atoms with E-state index in [9.17, 15) is 4.79 Å². The maximum atomic E-state index is 11.1. The quantitative estimate of drug-likeness (QED) is 0.851. The third-order valence-electron chi connectivity index (χ3n) is 3.23. The standard InChI is InChI=1S/C16H17ClN2O2/c1-9-5-13(6-10(2)15(9)17)21-8-12-4-3-11(16(19)20)7-14(12)18/h3-7H,8,18H2,1-2H3,(H2,19,20). The summed E-state index contributed by atoms with van der Waals surface area (Å²) in [4.78, 5) is 11.1. The summed E-state index contributed by atoms with van der Waals surface area (Å²) in [5.41, 5.74) is 14.7. The smallest absolute Gasteiger partial charge is 0.248 e. The Morgan fingerprint density at radius 3 is 2.33 bits per heavy atom. The van der Waals surface area contributed by atoms with Gasteiger partial charge < -0.3 is 16.2 Å². The maximum absolute atomic E-state index is 11.1. The van der Waals surface area contributed by atoms with Crippen LogP contribution in [0.5, 0.6) is 5.75 Å². The molecule has 5 heteroatoms. The van der Waals surface area contributed by atoms with Crippen LogP contribution in [-0.2, 0) is 6.61 Å². The van der Waals surface area contributed by atoms with Crippen LogP contribution in [-0.4, -0.2) is 5.91 Å². The van der Waals surface area contributed by atoms with Crippen LogP contribution < -0.4 is 16.2 Å². The highest BCUT2D eigenvalue weighted by atomic mass is 35.5. The minimum Gasteiger partial charge on any atom is -0.489 e. The monoisotopic (exact) mass is 304 g/mol. The Hall–Kier alpha value is -2.20. The van der Waals surface area contributed by atoms with Gasteiger partial charge in [0.25, 0.3) is 0 Å². The summed E-state index contributed by atoms with van der Waals surface area (Å²) in [6, 6.07) is 8.69. The predicted molar refractivity (Wildman–Crippen MR) is 84.6 cm³/mol. The van der Waals surface area contributed by atoms with Gasteiger partial charge in [-0.05, 0) is 49.2 Å². The topological polar surface area (TPSA) is 78.3 Å². The van der Waals surface area contributed by atoms with E-state index in [1.54, 1.807) is 18.2 Å². The summed E-state index contributed by atoms with van der Waals surface area (Å²) < 4.78 is 5.74. The molecule has 0 aliphatic heterocycles. The van der Waals surface area contributed by atoms with Gasteiger partial charge in [-0.2, -0.15) is 0 Å². The van der Waals surface area contributed by atoms with E-state index < -0.39 is 5.91 Å². The molecule has 0 unspecified atom stereocenters. The van der Waals surface area contributed by atoms with Crippen LogP contribution in [0.3, 0.4) is 0 Å². The van der Waals surface area contributed by atoms with Crippen molar-refractivity contribution in [2.75, 3.05) is 5.73 Å². The number of nitrogens with two attached hydrogens (primary N) is 2. The Bertz CT molecular complexity index is 676. The molecule has 0 fully saturated rings. The van der Waals surface area contributed by atoms with Crippen LogP contribution in [0.1, 0.15) is 27.0 Å². The van der Waals surface area contributed by atoms with Gasteiger partial charge in [-0.15, -0.1) is 0 Å². The van der Waals surface area contributed by atoms with Crippen molar-refractivity contribution < 1.29 is 9.53 Å². The third kappa shape index (κ3) is 3.47. The van der Waals surface area contributed by atoms with Gasteiger partial charge in [-0.25, -0.2) is 0 Å². The van der Waals surface area contributed by atoms with Crippen LogP contribution >= 0.6 is 11.6 Å². The molecule has 1 amide bonds. The lowest BCUT2D eigenvalue weighted by Crippen LogP contribution is -2.12. The second kappa shape index (κ2) is 6.06. The highest BCUT2D eigenvalue weighted by Gasteiger charge is 2.07. The lowest BCUT2D eigenvalue weighted by Gasteiger charge is -2.12. The fourth-order valence-electron chi connectivity index (χ4n) is 2.03. The van der Waals surface area contributed by atoms with Crippen molar-refractivity contribution in [3.63, 3.8) is 0 Å². The van der Waals surface area contributed by atoms with Crippen LogP contribution in [0.2, 0.25) is 5.02 Å². The van der Waals surface area contributed by atoms with Gasteiger partial charge >= 0.3 is 0 Å². The first-order chi connectivity index (χ1) is 9.88. The molecule has 21 heavy (non-hydrogen) atoms. The second-order valence-corrected chi connectivity index (χ2v) is 5.32. The van der Waals surface area contributed by atoms with Crippen molar-refractivity contribution >= 4 is 23.2 Å². The van der Waals surface area contributed by atoms with E-state index in [0.29, 0.717) is 17.9 Å². The zero-order valence-corrected chi connectivity index (χ0v) is 12.7. The first-order valence-corrected chi connectivity index (χ1v) is 6.84. The van der Waals surface area contributed by atoms with E-state index in [1.165, 1.54) is 0 Å². The number of primary amides is 1. The molecule has 0 aliphatic rings. The fraction of sp³-hybridized carbons (Fsp3) is 0.188. The number of hydrogen-bond donors (Lipinski definition) is 2. The summed E-state index contributed by atoms with van der Waals surface area (Å²) in [5, 5.41) is 0.743. The van der Waals surface area contributed by atoms with Gasteiger partial charge in [0, 0.05) is 21.8 Å². The molecule has 0 spiro atoms. The van der Waals surface area contributed by atoms with Crippen molar-refractivity contribution in [3.8, 4) is 5.75 Å². The number of nitrogen functional groups attached to an aromatic ring is 1. The molecule has 2 rings (SSSR count). The normalized spacial score (nSPS) is 10.4. The number of aryl methyl sites for hydroxylation is 2. The van der Waals surface area contributed by atoms with E-state index in [-0.39, 0.29) is 0 Å². The lowest BCUT2D eigenvalue weighted by atomic mass is 10.1. The average molecular weight is 305 g/mol. The fourth-order valence-corrected chi connectivity index (χ4v) is 2.14. The highest BCUT2D eigenvalue weighted by molar-refractivity contribution is 6.32. The van der Waals surface area contributed by atoms with Crippen molar-refractivity contribution in [2.45, 2.75) is 20.5 Å². The molecule has 0 heterocycles. The van der Waals surface area contributed by atoms with E-state index >= 15 is 0 Å². The zero-order valence-electron chi connectivity index (χ0n) is 11.9. The Balaban J connectivity index is 2.15. The van der Waals surface area contributed by atoms with Gasteiger partial charge in [-0.3, -0.25) is 4.79 Å². The lowest BCUT2D eigenvalue weighted by molar-refractivity contribution is 0.100. The molecular formula is C16H17ClN2O2. The predicted octanol–water partition coefficient (Wildman–Crippen LogP) is 3.22. The molecule has 0 radical (unpaired) electrons. The largest absolute Gasteiger partial charge is 0.489 e. The molecule has 0 atom stereocenters. The molecule has 0 saturated carbocycles. The highest BCUT2D eigenvalue weighted by Crippen LogP contribution is 2.27. The number of hydrogen-bond acceptors (Lipinski definition) is 3. The number of rotatable bonds is 4. The molecule has 0 aromatic heterocycles. The molecule has 0 saturated heterocycles.